The Morgan fingerprint density at radius 2 is 1.79 bits per heavy atom. The van der Waals surface area contributed by atoms with Crippen LogP contribution in [0.4, 0.5) is 10.8 Å². The first-order valence-electron chi connectivity index (χ1n) is 9.61. The van der Waals surface area contributed by atoms with Crippen molar-refractivity contribution in [3.8, 4) is 0 Å². The van der Waals surface area contributed by atoms with Gasteiger partial charge >= 0.3 is 0 Å². The van der Waals surface area contributed by atoms with Gasteiger partial charge in [-0.15, -0.1) is 0 Å². The average molecular weight is 393 g/mol. The molecule has 1 aliphatic heterocycles. The van der Waals surface area contributed by atoms with Gasteiger partial charge in [0.25, 0.3) is 0 Å². The third-order valence-corrected chi connectivity index (χ3v) is 5.85. The Balaban J connectivity index is 1.44. The van der Waals surface area contributed by atoms with E-state index in [9.17, 15) is 4.79 Å². The summed E-state index contributed by atoms with van der Waals surface area (Å²) >= 11 is 1.38. The van der Waals surface area contributed by atoms with Crippen LogP contribution in [0.15, 0.2) is 48.5 Å². The molecule has 0 bridgehead atoms. The van der Waals surface area contributed by atoms with Gasteiger partial charge in [-0.2, -0.15) is 4.37 Å². The molecule has 4 rings (SSSR count). The molecule has 1 N–H and O–H groups in total. The van der Waals surface area contributed by atoms with Gasteiger partial charge < -0.3 is 10.2 Å². The number of benzene rings is 2. The Morgan fingerprint density at radius 3 is 2.50 bits per heavy atom. The lowest BCUT2D eigenvalue weighted by Crippen LogP contribution is -2.39. The van der Waals surface area contributed by atoms with Crippen molar-refractivity contribution in [1.82, 2.24) is 9.36 Å². The molecule has 0 aliphatic carbocycles. The van der Waals surface area contributed by atoms with E-state index in [0.29, 0.717) is 6.42 Å². The molecule has 5 nitrogen and oxygen atoms in total. The highest BCUT2D eigenvalue weighted by Crippen LogP contribution is 2.28. The molecule has 2 aromatic carbocycles. The fourth-order valence-electron chi connectivity index (χ4n) is 3.45. The molecule has 6 heteroatoms. The van der Waals surface area contributed by atoms with Gasteiger partial charge in [0.05, 0.1) is 0 Å². The summed E-state index contributed by atoms with van der Waals surface area (Å²) in [6.45, 7) is 4.96. The normalized spacial score (nSPS) is 16.4. The molecule has 1 atom stereocenters. The fraction of sp³-hybridized carbons (Fsp3) is 0.318. The summed E-state index contributed by atoms with van der Waals surface area (Å²) < 4.78 is 4.52. The lowest BCUT2D eigenvalue weighted by molar-refractivity contribution is -0.117. The van der Waals surface area contributed by atoms with E-state index in [2.05, 4.69) is 45.8 Å². The molecule has 0 spiro atoms. The standard InChI is InChI=1S/C22H24N4OS/c1-15-5-9-17(10-6-15)14-20-24-22(28-25-20)26-13-3-4-19(26)21(27)23-18-11-7-16(2)8-12-18/h5-12,19H,3-4,13-14H2,1-2H3,(H,23,27)/t19-/m0/s1. The molecule has 1 aliphatic rings. The fourth-order valence-corrected chi connectivity index (χ4v) is 4.21. The predicted octanol–water partition coefficient (Wildman–Crippen LogP) is 4.35. The topological polar surface area (TPSA) is 58.1 Å². The first kappa shape index (κ1) is 18.6. The van der Waals surface area contributed by atoms with E-state index in [0.717, 1.165) is 36.0 Å². The molecule has 1 aromatic heterocycles. The maximum absolute atomic E-state index is 12.8. The van der Waals surface area contributed by atoms with Crippen molar-refractivity contribution in [3.05, 3.63) is 71.0 Å². The highest BCUT2D eigenvalue weighted by molar-refractivity contribution is 7.09. The molecule has 1 saturated heterocycles. The summed E-state index contributed by atoms with van der Waals surface area (Å²) in [6, 6.07) is 16.1. The number of rotatable bonds is 5. The quantitative estimate of drug-likeness (QED) is 0.701. The SMILES string of the molecule is Cc1ccc(Cc2nsc(N3CCC[C@H]3C(=O)Nc3ccc(C)cc3)n2)cc1. The predicted molar refractivity (Wildman–Crippen MR) is 114 cm³/mol. The van der Waals surface area contributed by atoms with Crippen molar-refractivity contribution >= 4 is 28.3 Å². The minimum Gasteiger partial charge on any atom is -0.335 e. The minimum absolute atomic E-state index is 0.0247. The van der Waals surface area contributed by atoms with Crippen molar-refractivity contribution < 1.29 is 4.79 Å². The van der Waals surface area contributed by atoms with Gasteiger partial charge in [0.15, 0.2) is 0 Å². The Morgan fingerprint density at radius 1 is 1.11 bits per heavy atom. The number of anilines is 2. The highest BCUT2D eigenvalue weighted by Gasteiger charge is 2.33. The molecule has 28 heavy (non-hydrogen) atoms. The van der Waals surface area contributed by atoms with Gasteiger partial charge in [-0.3, -0.25) is 4.79 Å². The lowest BCUT2D eigenvalue weighted by Gasteiger charge is -2.22. The molecule has 2 heterocycles. The van der Waals surface area contributed by atoms with E-state index in [1.165, 1.54) is 28.2 Å². The van der Waals surface area contributed by atoms with Crippen LogP contribution in [0.3, 0.4) is 0 Å². The monoisotopic (exact) mass is 392 g/mol. The molecular weight excluding hydrogens is 368 g/mol. The second kappa shape index (κ2) is 8.10. The Labute approximate surface area is 169 Å². The molecule has 0 unspecified atom stereocenters. The van der Waals surface area contributed by atoms with Crippen LogP contribution in [-0.4, -0.2) is 27.9 Å². The Hall–Kier alpha value is -2.73. The van der Waals surface area contributed by atoms with E-state index >= 15 is 0 Å². The van der Waals surface area contributed by atoms with Gasteiger partial charge in [0, 0.05) is 30.2 Å². The molecular formula is C22H24N4OS. The van der Waals surface area contributed by atoms with Gasteiger partial charge in [0.1, 0.15) is 11.9 Å². The van der Waals surface area contributed by atoms with Crippen molar-refractivity contribution in [2.75, 3.05) is 16.8 Å². The van der Waals surface area contributed by atoms with E-state index in [-0.39, 0.29) is 11.9 Å². The third-order valence-electron chi connectivity index (χ3n) is 5.06. The largest absolute Gasteiger partial charge is 0.335 e. The number of aromatic nitrogens is 2. The smallest absolute Gasteiger partial charge is 0.247 e. The number of hydrogen-bond acceptors (Lipinski definition) is 5. The summed E-state index contributed by atoms with van der Waals surface area (Å²) in [7, 11) is 0. The first-order chi connectivity index (χ1) is 13.6. The zero-order valence-corrected chi connectivity index (χ0v) is 17.0. The average Bonchev–Trinajstić information content (AvgIpc) is 3.34. The summed E-state index contributed by atoms with van der Waals surface area (Å²) in [5.74, 6) is 0.838. The van der Waals surface area contributed by atoms with Crippen molar-refractivity contribution in [1.29, 1.82) is 0 Å². The van der Waals surface area contributed by atoms with Gasteiger partial charge in [-0.1, -0.05) is 47.5 Å². The molecule has 3 aromatic rings. The van der Waals surface area contributed by atoms with Crippen molar-refractivity contribution in [2.24, 2.45) is 0 Å². The minimum atomic E-state index is -0.193. The van der Waals surface area contributed by atoms with Gasteiger partial charge in [0.2, 0.25) is 11.0 Å². The second-order valence-corrected chi connectivity index (χ2v) is 8.09. The number of nitrogens with zero attached hydrogens (tertiary/aromatic N) is 3. The van der Waals surface area contributed by atoms with Crippen molar-refractivity contribution in [2.45, 2.75) is 39.2 Å². The number of amides is 1. The highest BCUT2D eigenvalue weighted by atomic mass is 32.1. The molecule has 144 valence electrons. The Kier molecular flexibility index (Phi) is 5.39. The van der Waals surface area contributed by atoms with Gasteiger partial charge in [-0.25, -0.2) is 4.98 Å². The Bertz CT molecular complexity index is 949. The maximum atomic E-state index is 12.8. The first-order valence-corrected chi connectivity index (χ1v) is 10.4. The van der Waals surface area contributed by atoms with Gasteiger partial charge in [-0.05, 0) is 44.4 Å². The van der Waals surface area contributed by atoms with Crippen LogP contribution in [-0.2, 0) is 11.2 Å². The molecule has 0 saturated carbocycles. The molecule has 0 radical (unpaired) electrons. The summed E-state index contributed by atoms with van der Waals surface area (Å²) in [4.78, 5) is 19.6. The number of nitrogens with one attached hydrogen (secondary N) is 1. The van der Waals surface area contributed by atoms with Crippen LogP contribution in [0.1, 0.15) is 35.4 Å². The number of carbonyl (C=O) groups is 1. The maximum Gasteiger partial charge on any atom is 0.247 e. The molecule has 1 amide bonds. The third kappa shape index (κ3) is 4.22. The van der Waals surface area contributed by atoms with Crippen LogP contribution in [0.25, 0.3) is 0 Å². The summed E-state index contributed by atoms with van der Waals surface area (Å²) in [5, 5.41) is 3.88. The van der Waals surface area contributed by atoms with Crippen molar-refractivity contribution in [3.63, 3.8) is 0 Å². The zero-order valence-electron chi connectivity index (χ0n) is 16.2. The van der Waals surface area contributed by atoms with E-state index < -0.39 is 0 Å². The van der Waals surface area contributed by atoms with Crippen LogP contribution in [0.5, 0.6) is 0 Å². The number of aryl methyl sites for hydroxylation is 2. The number of carbonyl (C=O) groups excluding carboxylic acids is 1. The van der Waals surface area contributed by atoms with Crippen LogP contribution >= 0.6 is 11.5 Å². The summed E-state index contributed by atoms with van der Waals surface area (Å²) in [6.07, 6.45) is 2.54. The van der Waals surface area contributed by atoms with Crippen LogP contribution < -0.4 is 10.2 Å². The molecule has 1 fully saturated rings. The van der Waals surface area contributed by atoms with E-state index in [1.54, 1.807) is 0 Å². The zero-order chi connectivity index (χ0) is 19.5. The van der Waals surface area contributed by atoms with Crippen LogP contribution in [0, 0.1) is 13.8 Å². The van der Waals surface area contributed by atoms with Crippen LogP contribution in [0.2, 0.25) is 0 Å². The summed E-state index contributed by atoms with van der Waals surface area (Å²) in [5.41, 5.74) is 4.45. The van der Waals surface area contributed by atoms with E-state index in [4.69, 9.17) is 4.98 Å². The number of hydrogen-bond donors (Lipinski definition) is 1. The lowest BCUT2D eigenvalue weighted by atomic mass is 10.1. The second-order valence-electron chi connectivity index (χ2n) is 7.36. The van der Waals surface area contributed by atoms with E-state index in [1.807, 2.05) is 31.2 Å².